The molecule has 0 aromatic carbocycles. The number of nitrogens with zero attached hydrogens (tertiary/aromatic N) is 1. The number of anilines is 1. The molecule has 0 unspecified atom stereocenters. The van der Waals surface area contributed by atoms with E-state index in [1.165, 1.54) is 23.4 Å². The highest BCUT2D eigenvalue weighted by atomic mass is 32.1. The fraction of sp³-hybridized carbons (Fsp3) is 0.692. The molecular formula is C13H21N3OS. The lowest BCUT2D eigenvalue weighted by atomic mass is 10.0. The van der Waals surface area contributed by atoms with Crippen molar-refractivity contribution in [3.63, 3.8) is 0 Å². The molecule has 1 heterocycles. The van der Waals surface area contributed by atoms with Crippen molar-refractivity contribution in [1.82, 2.24) is 10.3 Å². The van der Waals surface area contributed by atoms with Crippen LogP contribution >= 0.6 is 11.3 Å². The van der Waals surface area contributed by atoms with Crippen LogP contribution in [0.2, 0.25) is 0 Å². The van der Waals surface area contributed by atoms with Gasteiger partial charge in [-0.2, -0.15) is 0 Å². The monoisotopic (exact) mass is 267 g/mol. The van der Waals surface area contributed by atoms with Gasteiger partial charge < -0.3 is 5.32 Å². The maximum Gasteiger partial charge on any atom is 0.321 e. The van der Waals surface area contributed by atoms with Gasteiger partial charge in [0.15, 0.2) is 5.13 Å². The van der Waals surface area contributed by atoms with E-state index in [9.17, 15) is 4.79 Å². The van der Waals surface area contributed by atoms with Gasteiger partial charge in [-0.3, -0.25) is 5.32 Å². The van der Waals surface area contributed by atoms with Crippen molar-refractivity contribution in [2.24, 2.45) is 5.92 Å². The molecule has 1 aromatic heterocycles. The molecule has 0 aliphatic heterocycles. The van der Waals surface area contributed by atoms with Gasteiger partial charge in [-0.05, 0) is 38.0 Å². The first kappa shape index (κ1) is 13.3. The van der Waals surface area contributed by atoms with Gasteiger partial charge in [0, 0.05) is 11.4 Å². The fourth-order valence-electron chi connectivity index (χ4n) is 2.02. The minimum Gasteiger partial charge on any atom is -0.338 e. The summed E-state index contributed by atoms with van der Waals surface area (Å²) >= 11 is 1.62. The smallest absolute Gasteiger partial charge is 0.321 e. The predicted octanol–water partition coefficient (Wildman–Crippen LogP) is 3.19. The summed E-state index contributed by atoms with van der Waals surface area (Å²) in [6, 6.07) is -0.137. The standard InChI is InChI=1S/C13H21N3OS/c1-9(2)7-8-14-12(17)16-13-15-10-5-3-4-6-11(10)18-13/h9H,3-8H2,1-2H3,(H2,14,15,16,17). The zero-order valence-corrected chi connectivity index (χ0v) is 11.9. The Balaban J connectivity index is 1.81. The summed E-state index contributed by atoms with van der Waals surface area (Å²) < 4.78 is 0. The summed E-state index contributed by atoms with van der Waals surface area (Å²) in [7, 11) is 0. The van der Waals surface area contributed by atoms with Crippen LogP contribution in [0.25, 0.3) is 0 Å². The van der Waals surface area contributed by atoms with Gasteiger partial charge in [-0.15, -0.1) is 11.3 Å². The lowest BCUT2D eigenvalue weighted by Gasteiger charge is -2.06. The first-order valence-electron chi connectivity index (χ1n) is 6.68. The molecule has 0 saturated heterocycles. The maximum absolute atomic E-state index is 11.7. The summed E-state index contributed by atoms with van der Waals surface area (Å²) in [6.07, 6.45) is 5.64. The van der Waals surface area contributed by atoms with Gasteiger partial charge in [0.1, 0.15) is 0 Å². The van der Waals surface area contributed by atoms with E-state index < -0.39 is 0 Å². The van der Waals surface area contributed by atoms with E-state index in [1.807, 2.05) is 0 Å². The summed E-state index contributed by atoms with van der Waals surface area (Å²) in [6.45, 7) is 5.01. The molecule has 2 amide bonds. The van der Waals surface area contributed by atoms with Crippen molar-refractivity contribution >= 4 is 22.5 Å². The first-order valence-corrected chi connectivity index (χ1v) is 7.50. The summed E-state index contributed by atoms with van der Waals surface area (Å²) in [4.78, 5) is 17.5. The van der Waals surface area contributed by atoms with E-state index in [2.05, 4.69) is 29.5 Å². The zero-order valence-electron chi connectivity index (χ0n) is 11.1. The Kier molecular flexibility index (Phi) is 4.58. The third-order valence-electron chi connectivity index (χ3n) is 3.07. The van der Waals surface area contributed by atoms with Gasteiger partial charge in [0.25, 0.3) is 0 Å². The number of carbonyl (C=O) groups is 1. The molecule has 1 aliphatic carbocycles. The van der Waals surface area contributed by atoms with E-state index >= 15 is 0 Å². The quantitative estimate of drug-likeness (QED) is 0.880. The average molecular weight is 267 g/mol. The van der Waals surface area contributed by atoms with Gasteiger partial charge in [-0.25, -0.2) is 9.78 Å². The molecule has 1 aliphatic rings. The highest BCUT2D eigenvalue weighted by Crippen LogP contribution is 2.29. The normalized spacial score (nSPS) is 14.4. The van der Waals surface area contributed by atoms with Gasteiger partial charge in [-0.1, -0.05) is 13.8 Å². The lowest BCUT2D eigenvalue weighted by molar-refractivity contribution is 0.251. The largest absolute Gasteiger partial charge is 0.338 e. The van der Waals surface area contributed by atoms with Gasteiger partial charge in [0.05, 0.1) is 5.69 Å². The van der Waals surface area contributed by atoms with E-state index in [4.69, 9.17) is 0 Å². The number of aromatic nitrogens is 1. The number of thiazole rings is 1. The molecule has 2 N–H and O–H groups in total. The van der Waals surface area contributed by atoms with Gasteiger partial charge >= 0.3 is 6.03 Å². The number of carbonyl (C=O) groups excluding carboxylic acids is 1. The van der Waals surface area contributed by atoms with Crippen LogP contribution in [0.1, 0.15) is 43.7 Å². The first-order chi connectivity index (χ1) is 8.65. The van der Waals surface area contributed by atoms with Crippen LogP contribution in [0.5, 0.6) is 0 Å². The molecule has 5 heteroatoms. The summed E-state index contributed by atoms with van der Waals surface area (Å²) in [5.74, 6) is 0.609. The molecule has 100 valence electrons. The Morgan fingerprint density at radius 3 is 2.89 bits per heavy atom. The van der Waals surface area contributed by atoms with Crippen LogP contribution in [0.15, 0.2) is 0 Å². The van der Waals surface area contributed by atoms with Crippen LogP contribution in [0.3, 0.4) is 0 Å². The number of hydrogen-bond acceptors (Lipinski definition) is 3. The SMILES string of the molecule is CC(C)CCNC(=O)Nc1nc2c(s1)CCCC2. The van der Waals surface area contributed by atoms with Crippen LogP contribution in [-0.2, 0) is 12.8 Å². The second-order valence-corrected chi connectivity index (χ2v) is 6.24. The number of nitrogens with one attached hydrogen (secondary N) is 2. The molecule has 0 bridgehead atoms. The third kappa shape index (κ3) is 3.70. The molecule has 4 nitrogen and oxygen atoms in total. The van der Waals surface area contributed by atoms with Crippen molar-refractivity contribution in [3.8, 4) is 0 Å². The second-order valence-electron chi connectivity index (χ2n) is 5.16. The highest BCUT2D eigenvalue weighted by Gasteiger charge is 2.16. The third-order valence-corrected chi connectivity index (χ3v) is 4.15. The van der Waals surface area contributed by atoms with Crippen LogP contribution in [0, 0.1) is 5.92 Å². The molecule has 1 aromatic rings. The minimum absolute atomic E-state index is 0.137. The number of rotatable bonds is 4. The lowest BCUT2D eigenvalue weighted by Crippen LogP contribution is -2.30. The highest BCUT2D eigenvalue weighted by molar-refractivity contribution is 7.15. The number of amides is 2. The topological polar surface area (TPSA) is 54.0 Å². The van der Waals surface area contributed by atoms with E-state index in [1.54, 1.807) is 11.3 Å². The predicted molar refractivity (Wildman–Crippen MR) is 75.2 cm³/mol. The van der Waals surface area contributed by atoms with E-state index in [-0.39, 0.29) is 6.03 Å². The molecule has 0 radical (unpaired) electrons. The number of urea groups is 1. The molecular weight excluding hydrogens is 246 g/mol. The Hall–Kier alpha value is -1.10. The van der Waals surface area contributed by atoms with E-state index in [0.717, 1.165) is 24.4 Å². The van der Waals surface area contributed by atoms with Crippen molar-refractivity contribution in [2.45, 2.75) is 46.0 Å². The Bertz CT molecular complexity index is 391. The minimum atomic E-state index is -0.137. The molecule has 0 atom stereocenters. The Morgan fingerprint density at radius 1 is 1.39 bits per heavy atom. The zero-order chi connectivity index (χ0) is 13.0. The number of fused-ring (bicyclic) bond motifs is 1. The van der Waals surface area contributed by atoms with Crippen LogP contribution < -0.4 is 10.6 Å². The summed E-state index contributed by atoms with van der Waals surface area (Å²) in [5, 5.41) is 6.43. The van der Waals surface area contributed by atoms with Crippen molar-refractivity contribution in [2.75, 3.05) is 11.9 Å². The molecule has 2 rings (SSSR count). The summed E-state index contributed by atoms with van der Waals surface area (Å²) in [5.41, 5.74) is 1.18. The second kappa shape index (κ2) is 6.18. The maximum atomic E-state index is 11.7. The van der Waals surface area contributed by atoms with Crippen molar-refractivity contribution in [1.29, 1.82) is 0 Å². The van der Waals surface area contributed by atoms with Crippen molar-refractivity contribution < 1.29 is 4.79 Å². The molecule has 0 fully saturated rings. The number of hydrogen-bond donors (Lipinski definition) is 2. The van der Waals surface area contributed by atoms with Crippen LogP contribution in [-0.4, -0.2) is 17.6 Å². The Morgan fingerprint density at radius 2 is 2.17 bits per heavy atom. The number of aryl methyl sites for hydroxylation is 2. The molecule has 18 heavy (non-hydrogen) atoms. The van der Waals surface area contributed by atoms with Crippen molar-refractivity contribution in [3.05, 3.63) is 10.6 Å². The Labute approximate surface area is 112 Å². The van der Waals surface area contributed by atoms with Crippen LogP contribution in [0.4, 0.5) is 9.93 Å². The molecule has 0 spiro atoms. The van der Waals surface area contributed by atoms with E-state index in [0.29, 0.717) is 12.5 Å². The average Bonchev–Trinajstić information content (AvgIpc) is 2.70. The fourth-order valence-corrected chi connectivity index (χ4v) is 3.07. The van der Waals surface area contributed by atoms with Gasteiger partial charge in [0.2, 0.25) is 0 Å². The molecule has 0 saturated carbocycles.